The predicted octanol–water partition coefficient (Wildman–Crippen LogP) is 4.48. The minimum atomic E-state index is -4.82. The number of carbonyl (C=O) groups excluding carboxylic acids is 1. The van der Waals surface area contributed by atoms with Crippen LogP contribution in [0.15, 0.2) is 41.0 Å². The molecule has 10 heteroatoms. The summed E-state index contributed by atoms with van der Waals surface area (Å²) in [5, 5.41) is 12.6. The SMILES string of the molecule is CC(O)(c1ccc(C(=O)Nc2nc3ccc(Br)nc3s2)cc1)C(F)(F)F. The first-order chi connectivity index (χ1) is 12.1. The lowest BCUT2D eigenvalue weighted by Crippen LogP contribution is -2.39. The number of hydrogen-bond donors (Lipinski definition) is 2. The molecular formula is C16H11BrF3N3O2S. The molecule has 136 valence electrons. The average molecular weight is 446 g/mol. The van der Waals surface area contributed by atoms with Crippen molar-refractivity contribution < 1.29 is 23.1 Å². The molecule has 1 atom stereocenters. The molecule has 1 unspecified atom stereocenters. The summed E-state index contributed by atoms with van der Waals surface area (Å²) in [6, 6.07) is 8.03. The molecule has 0 radical (unpaired) electrons. The lowest BCUT2D eigenvalue weighted by molar-refractivity contribution is -0.258. The maximum atomic E-state index is 12.9. The summed E-state index contributed by atoms with van der Waals surface area (Å²) in [5.74, 6) is -0.527. The number of pyridine rings is 1. The molecule has 26 heavy (non-hydrogen) atoms. The molecule has 0 aliphatic heterocycles. The van der Waals surface area contributed by atoms with E-state index >= 15 is 0 Å². The third-order valence-corrected chi connectivity index (χ3v) is 5.03. The molecule has 1 aromatic carbocycles. The highest BCUT2D eigenvalue weighted by molar-refractivity contribution is 9.10. The van der Waals surface area contributed by atoms with Crippen molar-refractivity contribution in [3.8, 4) is 0 Å². The number of nitrogens with one attached hydrogen (secondary N) is 1. The normalized spacial score (nSPS) is 14.2. The lowest BCUT2D eigenvalue weighted by Gasteiger charge is -2.26. The van der Waals surface area contributed by atoms with Gasteiger partial charge in [-0.3, -0.25) is 10.1 Å². The molecule has 3 rings (SSSR count). The van der Waals surface area contributed by atoms with E-state index in [-0.39, 0.29) is 11.1 Å². The Morgan fingerprint density at radius 2 is 1.81 bits per heavy atom. The number of aliphatic hydroxyl groups is 1. The number of alkyl halides is 3. The van der Waals surface area contributed by atoms with E-state index in [0.717, 1.165) is 12.1 Å². The number of carbonyl (C=O) groups is 1. The van der Waals surface area contributed by atoms with Gasteiger partial charge in [0.25, 0.3) is 5.91 Å². The first-order valence-corrected chi connectivity index (χ1v) is 8.83. The maximum Gasteiger partial charge on any atom is 0.421 e. The van der Waals surface area contributed by atoms with Crippen molar-refractivity contribution in [2.75, 3.05) is 5.32 Å². The Morgan fingerprint density at radius 3 is 2.42 bits per heavy atom. The van der Waals surface area contributed by atoms with E-state index in [1.54, 1.807) is 12.1 Å². The van der Waals surface area contributed by atoms with Crippen LogP contribution in [0.2, 0.25) is 0 Å². The molecule has 0 saturated carbocycles. The van der Waals surface area contributed by atoms with Gasteiger partial charge in [-0.2, -0.15) is 13.2 Å². The van der Waals surface area contributed by atoms with Crippen molar-refractivity contribution in [1.29, 1.82) is 0 Å². The number of aromatic nitrogens is 2. The molecule has 0 aliphatic rings. The number of nitrogens with zero attached hydrogens (tertiary/aromatic N) is 2. The second-order valence-corrected chi connectivity index (χ2v) is 7.37. The molecule has 0 fully saturated rings. The molecule has 5 nitrogen and oxygen atoms in total. The van der Waals surface area contributed by atoms with Crippen LogP contribution in [-0.4, -0.2) is 27.2 Å². The van der Waals surface area contributed by atoms with Crippen LogP contribution >= 0.6 is 27.3 Å². The number of anilines is 1. The largest absolute Gasteiger partial charge is 0.421 e. The van der Waals surface area contributed by atoms with Crippen LogP contribution in [0.1, 0.15) is 22.8 Å². The fraction of sp³-hybridized carbons (Fsp3) is 0.188. The van der Waals surface area contributed by atoms with E-state index < -0.39 is 17.7 Å². The number of halogens is 4. The first-order valence-electron chi connectivity index (χ1n) is 7.22. The topological polar surface area (TPSA) is 75.1 Å². The third kappa shape index (κ3) is 3.57. The summed E-state index contributed by atoms with van der Waals surface area (Å²) >= 11 is 4.42. The Hall–Kier alpha value is -2.04. The number of thiazole rings is 1. The van der Waals surface area contributed by atoms with Gasteiger partial charge in [-0.05, 0) is 52.7 Å². The van der Waals surface area contributed by atoms with Gasteiger partial charge in [0.2, 0.25) is 0 Å². The fourth-order valence-electron chi connectivity index (χ4n) is 2.13. The highest BCUT2D eigenvalue weighted by Crippen LogP contribution is 2.38. The molecule has 2 aromatic heterocycles. The Balaban J connectivity index is 1.79. The summed E-state index contributed by atoms with van der Waals surface area (Å²) in [7, 11) is 0. The smallest absolute Gasteiger partial charge is 0.376 e. The van der Waals surface area contributed by atoms with Gasteiger partial charge in [0.1, 0.15) is 15.0 Å². The number of fused-ring (bicyclic) bond motifs is 1. The standard InChI is InChI=1S/C16H11BrF3N3O2S/c1-15(25,16(18,19)20)9-4-2-8(3-5-9)12(24)23-14-21-10-6-7-11(17)22-13(10)26-14/h2-7,25H,1H3,(H,21,23,24). The van der Waals surface area contributed by atoms with E-state index in [4.69, 9.17) is 0 Å². The Bertz CT molecular complexity index is 971. The van der Waals surface area contributed by atoms with Gasteiger partial charge in [-0.25, -0.2) is 9.97 Å². The van der Waals surface area contributed by atoms with Crippen LogP contribution in [0.5, 0.6) is 0 Å². The highest BCUT2D eigenvalue weighted by atomic mass is 79.9. The van der Waals surface area contributed by atoms with Crippen molar-refractivity contribution in [1.82, 2.24) is 9.97 Å². The molecule has 1 amide bonds. The van der Waals surface area contributed by atoms with E-state index in [1.807, 2.05) is 0 Å². The number of benzene rings is 1. The van der Waals surface area contributed by atoms with Crippen LogP contribution in [0.4, 0.5) is 18.3 Å². The van der Waals surface area contributed by atoms with Crippen LogP contribution in [0, 0.1) is 0 Å². The summed E-state index contributed by atoms with van der Waals surface area (Å²) in [4.78, 5) is 21.3. The monoisotopic (exact) mass is 445 g/mol. The average Bonchev–Trinajstić information content (AvgIpc) is 2.95. The Kier molecular flexibility index (Phi) is 4.76. The van der Waals surface area contributed by atoms with Crippen molar-refractivity contribution in [3.63, 3.8) is 0 Å². The molecule has 3 aromatic rings. The van der Waals surface area contributed by atoms with E-state index in [0.29, 0.717) is 27.0 Å². The van der Waals surface area contributed by atoms with Gasteiger partial charge in [0, 0.05) is 5.56 Å². The molecular weight excluding hydrogens is 435 g/mol. The number of amides is 1. The molecule has 0 saturated heterocycles. The van der Waals surface area contributed by atoms with Crippen molar-refractivity contribution >= 4 is 48.7 Å². The Labute approximate surface area is 158 Å². The van der Waals surface area contributed by atoms with Gasteiger partial charge in [0.15, 0.2) is 10.7 Å². The maximum absolute atomic E-state index is 12.9. The van der Waals surface area contributed by atoms with Gasteiger partial charge in [-0.1, -0.05) is 23.5 Å². The number of hydrogen-bond acceptors (Lipinski definition) is 5. The van der Waals surface area contributed by atoms with E-state index in [2.05, 4.69) is 31.2 Å². The van der Waals surface area contributed by atoms with Crippen molar-refractivity contribution in [2.45, 2.75) is 18.7 Å². The van der Waals surface area contributed by atoms with Crippen molar-refractivity contribution in [2.24, 2.45) is 0 Å². The second kappa shape index (κ2) is 6.60. The summed E-state index contributed by atoms with van der Waals surface area (Å²) in [6.45, 7) is 0.661. The quantitative estimate of drug-likeness (QED) is 0.582. The minimum absolute atomic E-state index is 0.139. The highest BCUT2D eigenvalue weighted by Gasteiger charge is 2.51. The van der Waals surface area contributed by atoms with Crippen LogP contribution in [0.3, 0.4) is 0 Å². The van der Waals surface area contributed by atoms with E-state index in [9.17, 15) is 23.1 Å². The fourth-order valence-corrected chi connectivity index (χ4v) is 3.39. The van der Waals surface area contributed by atoms with Crippen LogP contribution < -0.4 is 5.32 Å². The van der Waals surface area contributed by atoms with Crippen LogP contribution in [-0.2, 0) is 5.60 Å². The van der Waals surface area contributed by atoms with Crippen molar-refractivity contribution in [3.05, 3.63) is 52.1 Å². The molecule has 2 N–H and O–H groups in total. The summed E-state index contributed by atoms with van der Waals surface area (Å²) in [6.07, 6.45) is -4.82. The second-order valence-electron chi connectivity index (χ2n) is 5.58. The van der Waals surface area contributed by atoms with Crippen LogP contribution in [0.25, 0.3) is 10.3 Å². The molecule has 2 heterocycles. The number of rotatable bonds is 3. The van der Waals surface area contributed by atoms with Gasteiger partial charge < -0.3 is 5.11 Å². The summed E-state index contributed by atoms with van der Waals surface area (Å²) in [5.41, 5.74) is -2.59. The zero-order valence-electron chi connectivity index (χ0n) is 13.1. The molecule has 0 spiro atoms. The zero-order chi connectivity index (χ0) is 19.1. The first kappa shape index (κ1) is 18.7. The lowest BCUT2D eigenvalue weighted by atomic mass is 9.94. The van der Waals surface area contributed by atoms with Gasteiger partial charge in [-0.15, -0.1) is 0 Å². The molecule has 0 aliphatic carbocycles. The van der Waals surface area contributed by atoms with Gasteiger partial charge in [0.05, 0.1) is 0 Å². The zero-order valence-corrected chi connectivity index (χ0v) is 15.5. The minimum Gasteiger partial charge on any atom is -0.376 e. The predicted molar refractivity (Wildman–Crippen MR) is 95.1 cm³/mol. The molecule has 0 bridgehead atoms. The summed E-state index contributed by atoms with van der Waals surface area (Å²) < 4.78 is 39.2. The third-order valence-electron chi connectivity index (χ3n) is 3.70. The van der Waals surface area contributed by atoms with E-state index in [1.165, 1.54) is 23.5 Å². The Morgan fingerprint density at radius 1 is 1.15 bits per heavy atom. The van der Waals surface area contributed by atoms with Gasteiger partial charge >= 0.3 is 6.18 Å².